The fourth-order valence-corrected chi connectivity index (χ4v) is 5.13. The van der Waals surface area contributed by atoms with Crippen LogP contribution in [0.1, 0.15) is 29.9 Å². The Bertz CT molecular complexity index is 1180. The Kier molecular flexibility index (Phi) is 5.84. The summed E-state index contributed by atoms with van der Waals surface area (Å²) in [6.45, 7) is 2.19. The Morgan fingerprint density at radius 3 is 2.58 bits per heavy atom. The van der Waals surface area contributed by atoms with Gasteiger partial charge in [0.15, 0.2) is 0 Å². The van der Waals surface area contributed by atoms with Gasteiger partial charge in [0.25, 0.3) is 0 Å². The Labute approximate surface area is 179 Å². The number of hydrogen-bond donors (Lipinski definition) is 1. The predicted octanol–water partition coefficient (Wildman–Crippen LogP) is 2.90. The molecule has 1 saturated heterocycles. The topological polar surface area (TPSA) is 105 Å². The van der Waals surface area contributed by atoms with Crippen molar-refractivity contribution in [1.82, 2.24) is 14.5 Å². The molecule has 4 rings (SSSR count). The molecule has 1 fully saturated rings. The number of amides is 1. The van der Waals surface area contributed by atoms with Gasteiger partial charge in [0.05, 0.1) is 11.3 Å². The van der Waals surface area contributed by atoms with Gasteiger partial charge in [-0.05, 0) is 49.6 Å². The number of hydrogen-bond acceptors (Lipinski definition) is 6. The molecule has 0 saturated carbocycles. The van der Waals surface area contributed by atoms with Crippen molar-refractivity contribution in [2.45, 2.75) is 37.1 Å². The molecule has 31 heavy (non-hydrogen) atoms. The van der Waals surface area contributed by atoms with Gasteiger partial charge in [-0.25, -0.2) is 12.8 Å². The standard InChI is InChI=1S/C21H21FN4O4S/c1-14-4-6-15(7-5-14)13-19-24-25-21(30-19)23-20(27)18-3-2-12-26(18)31(28,29)17-10-8-16(22)9-11-17/h4-11,18H,2-3,12-13H2,1H3,(H,23,25,27). The van der Waals surface area contributed by atoms with Crippen molar-refractivity contribution in [3.63, 3.8) is 0 Å². The van der Waals surface area contributed by atoms with Gasteiger partial charge in [-0.1, -0.05) is 34.9 Å². The summed E-state index contributed by atoms with van der Waals surface area (Å²) in [4.78, 5) is 12.7. The quantitative estimate of drug-likeness (QED) is 0.627. The third-order valence-electron chi connectivity index (χ3n) is 5.10. The van der Waals surface area contributed by atoms with Crippen LogP contribution in [0.4, 0.5) is 10.4 Å². The minimum Gasteiger partial charge on any atom is -0.407 e. The van der Waals surface area contributed by atoms with E-state index >= 15 is 0 Å². The molecular formula is C21H21FN4O4S. The second-order valence-corrected chi connectivity index (χ2v) is 9.27. The fourth-order valence-electron chi connectivity index (χ4n) is 3.48. The first-order chi connectivity index (χ1) is 14.8. The molecule has 0 aliphatic carbocycles. The lowest BCUT2D eigenvalue weighted by Gasteiger charge is -2.22. The lowest BCUT2D eigenvalue weighted by molar-refractivity contribution is -0.119. The first-order valence-electron chi connectivity index (χ1n) is 9.79. The van der Waals surface area contributed by atoms with Crippen LogP contribution in [-0.4, -0.2) is 41.4 Å². The highest BCUT2D eigenvalue weighted by atomic mass is 32.2. The number of carbonyl (C=O) groups is 1. The summed E-state index contributed by atoms with van der Waals surface area (Å²) >= 11 is 0. The molecule has 1 aliphatic rings. The molecule has 1 atom stereocenters. The van der Waals surface area contributed by atoms with E-state index in [0.29, 0.717) is 25.2 Å². The van der Waals surface area contributed by atoms with Crippen molar-refractivity contribution >= 4 is 21.9 Å². The molecule has 8 nitrogen and oxygen atoms in total. The molecular weight excluding hydrogens is 423 g/mol. The third-order valence-corrected chi connectivity index (χ3v) is 7.02. The number of carbonyl (C=O) groups excluding carboxylic acids is 1. The average Bonchev–Trinajstić information content (AvgIpc) is 3.40. The molecule has 1 amide bonds. The van der Waals surface area contributed by atoms with Crippen LogP contribution >= 0.6 is 0 Å². The van der Waals surface area contributed by atoms with Crippen LogP contribution in [0.2, 0.25) is 0 Å². The molecule has 1 aliphatic heterocycles. The van der Waals surface area contributed by atoms with Crippen molar-refractivity contribution in [3.05, 3.63) is 71.4 Å². The number of sulfonamides is 1. The number of anilines is 1. The highest BCUT2D eigenvalue weighted by Crippen LogP contribution is 2.27. The first-order valence-corrected chi connectivity index (χ1v) is 11.2. The molecule has 1 unspecified atom stereocenters. The second-order valence-electron chi connectivity index (χ2n) is 7.38. The van der Waals surface area contributed by atoms with Crippen LogP contribution in [0, 0.1) is 12.7 Å². The molecule has 1 aromatic heterocycles. The third kappa shape index (κ3) is 4.64. The van der Waals surface area contributed by atoms with E-state index < -0.39 is 27.8 Å². The Morgan fingerprint density at radius 1 is 1.16 bits per heavy atom. The van der Waals surface area contributed by atoms with E-state index in [1.54, 1.807) is 0 Å². The van der Waals surface area contributed by atoms with Gasteiger partial charge in [-0.15, -0.1) is 5.10 Å². The van der Waals surface area contributed by atoms with Gasteiger partial charge < -0.3 is 4.42 Å². The van der Waals surface area contributed by atoms with Gasteiger partial charge >= 0.3 is 6.01 Å². The molecule has 0 radical (unpaired) electrons. The Morgan fingerprint density at radius 2 is 1.87 bits per heavy atom. The van der Waals surface area contributed by atoms with Crippen LogP contribution in [0.3, 0.4) is 0 Å². The van der Waals surface area contributed by atoms with Gasteiger partial charge in [-0.3, -0.25) is 10.1 Å². The minimum atomic E-state index is -3.94. The van der Waals surface area contributed by atoms with E-state index in [0.717, 1.165) is 27.6 Å². The molecule has 0 bridgehead atoms. The predicted molar refractivity (Wildman–Crippen MR) is 110 cm³/mol. The zero-order valence-corrected chi connectivity index (χ0v) is 17.6. The van der Waals surface area contributed by atoms with Crippen LogP contribution in [0.25, 0.3) is 0 Å². The van der Waals surface area contributed by atoms with Gasteiger partial charge in [0.2, 0.25) is 21.8 Å². The van der Waals surface area contributed by atoms with Gasteiger partial charge in [0, 0.05) is 6.54 Å². The number of aromatic nitrogens is 2. The van der Waals surface area contributed by atoms with E-state index in [4.69, 9.17) is 4.42 Å². The molecule has 162 valence electrons. The average molecular weight is 444 g/mol. The number of halogens is 1. The lowest BCUT2D eigenvalue weighted by Crippen LogP contribution is -2.43. The van der Waals surface area contributed by atoms with Crippen molar-refractivity contribution in [2.75, 3.05) is 11.9 Å². The molecule has 0 spiro atoms. The first kappa shape index (κ1) is 21.1. The van der Waals surface area contributed by atoms with Gasteiger partial charge in [-0.2, -0.15) is 4.31 Å². The van der Waals surface area contributed by atoms with E-state index in [1.807, 2.05) is 31.2 Å². The van der Waals surface area contributed by atoms with Crippen molar-refractivity contribution < 1.29 is 22.0 Å². The van der Waals surface area contributed by atoms with Crippen LogP contribution in [0.15, 0.2) is 57.8 Å². The minimum absolute atomic E-state index is 0.0632. The van der Waals surface area contributed by atoms with E-state index in [2.05, 4.69) is 15.5 Å². The van der Waals surface area contributed by atoms with Crippen molar-refractivity contribution in [1.29, 1.82) is 0 Å². The zero-order valence-electron chi connectivity index (χ0n) is 16.8. The Hall–Kier alpha value is -3.11. The number of nitrogens with one attached hydrogen (secondary N) is 1. The largest absolute Gasteiger partial charge is 0.407 e. The molecule has 10 heteroatoms. The normalized spacial score (nSPS) is 17.0. The summed E-state index contributed by atoms with van der Waals surface area (Å²) in [5, 5.41) is 10.3. The molecule has 1 N–H and O–H groups in total. The summed E-state index contributed by atoms with van der Waals surface area (Å²) in [5.41, 5.74) is 2.12. The molecule has 3 aromatic rings. The SMILES string of the molecule is Cc1ccc(Cc2nnc(NC(=O)C3CCCN3S(=O)(=O)c3ccc(F)cc3)o2)cc1. The van der Waals surface area contributed by atoms with E-state index in [-0.39, 0.29) is 17.5 Å². The van der Waals surface area contributed by atoms with Crippen LogP contribution < -0.4 is 5.32 Å². The molecule has 2 heterocycles. The smallest absolute Gasteiger partial charge is 0.322 e. The summed E-state index contributed by atoms with van der Waals surface area (Å²) in [6, 6.07) is 11.4. The lowest BCUT2D eigenvalue weighted by atomic mass is 10.1. The second kappa shape index (κ2) is 8.56. The molecule has 2 aromatic carbocycles. The van der Waals surface area contributed by atoms with Crippen LogP contribution in [0.5, 0.6) is 0 Å². The van der Waals surface area contributed by atoms with Gasteiger partial charge in [0.1, 0.15) is 11.9 Å². The van der Waals surface area contributed by atoms with Crippen molar-refractivity contribution in [3.8, 4) is 0 Å². The highest BCUT2D eigenvalue weighted by molar-refractivity contribution is 7.89. The highest BCUT2D eigenvalue weighted by Gasteiger charge is 2.39. The zero-order chi connectivity index (χ0) is 22.0. The van der Waals surface area contributed by atoms with E-state index in [1.165, 1.54) is 12.1 Å². The summed E-state index contributed by atoms with van der Waals surface area (Å²) < 4.78 is 45.6. The van der Waals surface area contributed by atoms with Crippen molar-refractivity contribution in [2.24, 2.45) is 0 Å². The number of aryl methyl sites for hydroxylation is 1. The van der Waals surface area contributed by atoms with Crippen LogP contribution in [-0.2, 0) is 21.2 Å². The monoisotopic (exact) mass is 444 g/mol. The summed E-state index contributed by atoms with van der Waals surface area (Å²) in [6.07, 6.45) is 1.30. The summed E-state index contributed by atoms with van der Waals surface area (Å²) in [7, 11) is -3.94. The summed E-state index contributed by atoms with van der Waals surface area (Å²) in [5.74, 6) is -0.748. The maximum Gasteiger partial charge on any atom is 0.322 e. The maximum atomic E-state index is 13.2. The number of nitrogens with zero attached hydrogens (tertiary/aromatic N) is 3. The number of rotatable bonds is 6. The Balaban J connectivity index is 1.45. The maximum absolute atomic E-state index is 13.2. The van der Waals surface area contributed by atoms with E-state index in [9.17, 15) is 17.6 Å². The number of benzene rings is 2. The fraction of sp³-hybridized carbons (Fsp3) is 0.286.